The predicted molar refractivity (Wildman–Crippen MR) is 122 cm³/mol. The van der Waals surface area contributed by atoms with Crippen molar-refractivity contribution in [2.75, 3.05) is 0 Å². The monoisotopic (exact) mass is 512 g/mol. The van der Waals surface area contributed by atoms with E-state index in [1.807, 2.05) is 0 Å². The lowest BCUT2D eigenvalue weighted by atomic mass is 10.0. The number of carboxylic acids is 3. The molecule has 0 saturated heterocycles. The lowest BCUT2D eigenvalue weighted by Gasteiger charge is -2.26. The van der Waals surface area contributed by atoms with Gasteiger partial charge in [-0.15, -0.1) is 0 Å². The highest BCUT2D eigenvalue weighted by atomic mass is 16.4. The Balaban J connectivity index is 3.01. The third-order valence-electron chi connectivity index (χ3n) is 5.13. The lowest BCUT2D eigenvalue weighted by Crippen LogP contribution is -2.59. The summed E-state index contributed by atoms with van der Waals surface area (Å²) in [4.78, 5) is 77.9. The molecule has 0 aromatic carbocycles. The summed E-state index contributed by atoms with van der Waals surface area (Å²) in [6.45, 7) is 3.26. The molecule has 0 aliphatic heterocycles. The van der Waals surface area contributed by atoms with Crippen molar-refractivity contribution in [2.45, 2.75) is 70.1 Å². The van der Waals surface area contributed by atoms with Crippen molar-refractivity contribution in [1.82, 2.24) is 25.9 Å². The van der Waals surface area contributed by atoms with Crippen LogP contribution in [-0.2, 0) is 35.2 Å². The first-order valence-electron chi connectivity index (χ1n) is 11.1. The zero-order chi connectivity index (χ0) is 27.4. The average molecular weight is 513 g/mol. The molecule has 0 aliphatic rings. The van der Waals surface area contributed by atoms with Crippen LogP contribution in [0.4, 0.5) is 0 Å². The fourth-order valence-corrected chi connectivity index (χ4v) is 3.09. The van der Waals surface area contributed by atoms with E-state index in [1.165, 1.54) is 12.5 Å². The molecule has 0 radical (unpaired) electrons. The molecular formula is C21H32N6O9. The second-order valence-corrected chi connectivity index (χ2v) is 8.44. The van der Waals surface area contributed by atoms with Crippen LogP contribution in [0.15, 0.2) is 12.5 Å². The zero-order valence-corrected chi connectivity index (χ0v) is 19.9. The molecule has 0 fully saturated rings. The van der Waals surface area contributed by atoms with Gasteiger partial charge in [0.25, 0.3) is 0 Å². The normalized spacial score (nSPS) is 14.2. The summed E-state index contributed by atoms with van der Waals surface area (Å²) in [6, 6.07) is -5.14. The zero-order valence-electron chi connectivity index (χ0n) is 19.9. The summed E-state index contributed by atoms with van der Waals surface area (Å²) in [5.41, 5.74) is 6.15. The topological polar surface area (TPSA) is 254 Å². The van der Waals surface area contributed by atoms with Gasteiger partial charge in [0.15, 0.2) is 0 Å². The number of carbonyl (C=O) groups excluding carboxylic acids is 3. The summed E-state index contributed by atoms with van der Waals surface area (Å²) < 4.78 is 0. The van der Waals surface area contributed by atoms with E-state index in [9.17, 15) is 33.9 Å². The Labute approximate surface area is 206 Å². The van der Waals surface area contributed by atoms with Gasteiger partial charge < -0.3 is 42.0 Å². The van der Waals surface area contributed by atoms with Crippen molar-refractivity contribution in [3.8, 4) is 0 Å². The first-order chi connectivity index (χ1) is 16.8. The van der Waals surface area contributed by atoms with Crippen LogP contribution >= 0.6 is 0 Å². The molecule has 15 heteroatoms. The number of aromatic nitrogens is 2. The van der Waals surface area contributed by atoms with Crippen LogP contribution in [0.25, 0.3) is 0 Å². The van der Waals surface area contributed by atoms with Crippen LogP contribution in [0.1, 0.15) is 45.2 Å². The molecule has 1 aromatic rings. The minimum absolute atomic E-state index is 0.111. The van der Waals surface area contributed by atoms with Gasteiger partial charge in [-0.05, 0) is 18.8 Å². The third kappa shape index (κ3) is 10.5. The van der Waals surface area contributed by atoms with E-state index in [2.05, 4.69) is 25.9 Å². The fraction of sp³-hybridized carbons (Fsp3) is 0.571. The van der Waals surface area contributed by atoms with Crippen molar-refractivity contribution in [3.05, 3.63) is 18.2 Å². The van der Waals surface area contributed by atoms with Gasteiger partial charge in [-0.3, -0.25) is 24.0 Å². The van der Waals surface area contributed by atoms with E-state index < -0.39 is 72.1 Å². The lowest BCUT2D eigenvalue weighted by molar-refractivity contribution is -0.143. The number of aliphatic carboxylic acids is 3. The van der Waals surface area contributed by atoms with Crippen molar-refractivity contribution in [2.24, 2.45) is 11.7 Å². The number of hydrogen-bond donors (Lipinski definition) is 8. The molecule has 15 nitrogen and oxygen atoms in total. The minimum Gasteiger partial charge on any atom is -0.481 e. The van der Waals surface area contributed by atoms with Crippen molar-refractivity contribution in [1.29, 1.82) is 0 Å². The van der Waals surface area contributed by atoms with Gasteiger partial charge in [0.1, 0.15) is 18.1 Å². The molecule has 4 atom stereocenters. The molecule has 0 aliphatic carbocycles. The number of carbonyl (C=O) groups is 6. The summed E-state index contributed by atoms with van der Waals surface area (Å²) >= 11 is 0. The van der Waals surface area contributed by atoms with Crippen LogP contribution < -0.4 is 21.7 Å². The molecular weight excluding hydrogens is 480 g/mol. The number of hydrogen-bond acceptors (Lipinski definition) is 8. The van der Waals surface area contributed by atoms with Gasteiger partial charge in [-0.25, -0.2) is 9.78 Å². The number of nitrogens with one attached hydrogen (secondary N) is 4. The second-order valence-electron chi connectivity index (χ2n) is 8.44. The number of imidazole rings is 1. The maximum atomic E-state index is 13.0. The van der Waals surface area contributed by atoms with Crippen LogP contribution in [0.2, 0.25) is 0 Å². The maximum Gasteiger partial charge on any atom is 0.326 e. The minimum atomic E-state index is -1.51. The molecule has 36 heavy (non-hydrogen) atoms. The molecule has 0 bridgehead atoms. The molecule has 200 valence electrons. The van der Waals surface area contributed by atoms with Crippen LogP contribution in [0.3, 0.4) is 0 Å². The smallest absolute Gasteiger partial charge is 0.326 e. The Morgan fingerprint density at radius 1 is 0.889 bits per heavy atom. The first kappa shape index (κ1) is 30.0. The van der Waals surface area contributed by atoms with Gasteiger partial charge in [-0.2, -0.15) is 0 Å². The van der Waals surface area contributed by atoms with E-state index in [4.69, 9.17) is 15.9 Å². The maximum absolute atomic E-state index is 13.0. The second kappa shape index (κ2) is 14.4. The van der Waals surface area contributed by atoms with E-state index >= 15 is 0 Å². The molecule has 0 saturated carbocycles. The highest BCUT2D eigenvalue weighted by Crippen LogP contribution is 2.07. The van der Waals surface area contributed by atoms with Gasteiger partial charge in [0, 0.05) is 31.2 Å². The highest BCUT2D eigenvalue weighted by molar-refractivity contribution is 5.94. The van der Waals surface area contributed by atoms with Gasteiger partial charge in [0.2, 0.25) is 17.7 Å². The van der Waals surface area contributed by atoms with Crippen molar-refractivity contribution >= 4 is 35.6 Å². The molecule has 4 unspecified atom stereocenters. The van der Waals surface area contributed by atoms with Crippen LogP contribution in [-0.4, -0.2) is 85.1 Å². The van der Waals surface area contributed by atoms with E-state index in [0.717, 1.165) is 0 Å². The number of carboxylic acid groups (broad SMARTS) is 3. The Kier molecular flexibility index (Phi) is 12.0. The molecule has 9 N–H and O–H groups in total. The van der Waals surface area contributed by atoms with E-state index in [0.29, 0.717) is 5.69 Å². The fourth-order valence-electron chi connectivity index (χ4n) is 3.09. The van der Waals surface area contributed by atoms with Gasteiger partial charge in [0.05, 0.1) is 12.4 Å². The summed E-state index contributed by atoms with van der Waals surface area (Å²) in [5.74, 6) is -6.68. The standard InChI is InChI=1S/C21H32N6O9/c1-10(2)17(27-18(32)12(22)3-5-15(28)29)20(34)26-14(7-11-8-23-9-24-11)19(33)25-13(21(35)36)4-6-16(30)31/h8-10,12-14,17H,3-7,22H2,1-2H3,(H,23,24)(H,25,33)(H,26,34)(H,27,32)(H,28,29)(H,30,31)(H,35,36). The number of nitrogens with zero attached hydrogens (tertiary/aromatic N) is 1. The number of rotatable bonds is 16. The highest BCUT2D eigenvalue weighted by Gasteiger charge is 2.32. The van der Waals surface area contributed by atoms with Crippen molar-refractivity contribution < 1.29 is 44.1 Å². The third-order valence-corrected chi connectivity index (χ3v) is 5.13. The Bertz CT molecular complexity index is 934. The Morgan fingerprint density at radius 3 is 1.97 bits per heavy atom. The molecule has 1 aromatic heterocycles. The molecule has 1 rings (SSSR count). The summed E-state index contributed by atoms with van der Waals surface area (Å²) in [7, 11) is 0. The van der Waals surface area contributed by atoms with E-state index in [-0.39, 0.29) is 25.7 Å². The number of nitrogens with two attached hydrogens (primary N) is 1. The molecule has 1 heterocycles. The SMILES string of the molecule is CC(C)C(NC(=O)C(N)CCC(=O)O)C(=O)NC(Cc1cnc[nH]1)C(=O)NC(CCC(=O)O)C(=O)O. The molecule has 0 spiro atoms. The Hall–Kier alpha value is -4.01. The predicted octanol–water partition coefficient (Wildman–Crippen LogP) is -1.80. The molecule has 3 amide bonds. The van der Waals surface area contributed by atoms with E-state index in [1.54, 1.807) is 13.8 Å². The largest absolute Gasteiger partial charge is 0.481 e. The quantitative estimate of drug-likeness (QED) is 0.123. The van der Waals surface area contributed by atoms with Gasteiger partial charge >= 0.3 is 17.9 Å². The van der Waals surface area contributed by atoms with Gasteiger partial charge in [-0.1, -0.05) is 13.8 Å². The average Bonchev–Trinajstić information content (AvgIpc) is 3.30. The number of amides is 3. The van der Waals surface area contributed by atoms with Crippen LogP contribution in [0, 0.1) is 5.92 Å². The first-order valence-corrected chi connectivity index (χ1v) is 11.1. The number of H-pyrrole nitrogens is 1. The Morgan fingerprint density at radius 2 is 1.47 bits per heavy atom. The summed E-state index contributed by atoms with van der Waals surface area (Å²) in [6.07, 6.45) is 1.26. The van der Waals surface area contributed by atoms with Crippen molar-refractivity contribution in [3.63, 3.8) is 0 Å². The summed E-state index contributed by atoms with van der Waals surface area (Å²) in [5, 5.41) is 34.1. The van der Waals surface area contributed by atoms with Crippen LogP contribution in [0.5, 0.6) is 0 Å². The number of aromatic amines is 1.